The molecular formula is C13H19N7S. The summed E-state index contributed by atoms with van der Waals surface area (Å²) in [6, 6.07) is 4.04. The normalized spacial score (nSPS) is 15.4. The Labute approximate surface area is 128 Å². The molecule has 0 radical (unpaired) electrons. The van der Waals surface area contributed by atoms with Crippen molar-refractivity contribution in [3.05, 3.63) is 17.1 Å². The average molecular weight is 305 g/mol. The lowest BCUT2D eigenvalue weighted by atomic mass is 10.3. The van der Waals surface area contributed by atoms with Crippen LogP contribution in [0.15, 0.2) is 12.1 Å². The number of anilines is 3. The number of aryl methyl sites for hydroxylation is 1. The van der Waals surface area contributed by atoms with Gasteiger partial charge in [0.2, 0.25) is 5.13 Å². The van der Waals surface area contributed by atoms with Gasteiger partial charge in [-0.1, -0.05) is 11.3 Å². The van der Waals surface area contributed by atoms with Crippen molar-refractivity contribution in [1.29, 1.82) is 0 Å². The maximum Gasteiger partial charge on any atom is 0.208 e. The Hall–Kier alpha value is -1.96. The van der Waals surface area contributed by atoms with Crippen LogP contribution < -0.4 is 14.7 Å². The minimum Gasteiger partial charge on any atom is -0.361 e. The van der Waals surface area contributed by atoms with Gasteiger partial charge in [-0.15, -0.1) is 20.4 Å². The SMILES string of the molecule is Cc1nnc(N2CCN(c3ccc(N(C)C)nn3)CC2)s1. The smallest absolute Gasteiger partial charge is 0.208 e. The van der Waals surface area contributed by atoms with Gasteiger partial charge in [-0.3, -0.25) is 0 Å². The number of piperazine rings is 1. The van der Waals surface area contributed by atoms with Crippen molar-refractivity contribution in [3.8, 4) is 0 Å². The molecule has 0 unspecified atom stereocenters. The third-order valence-corrected chi connectivity index (χ3v) is 4.38. The molecule has 8 heteroatoms. The second kappa shape index (κ2) is 5.80. The molecule has 3 rings (SSSR count). The first kappa shape index (κ1) is 14.0. The molecule has 3 heterocycles. The highest BCUT2D eigenvalue weighted by atomic mass is 32.1. The topological polar surface area (TPSA) is 61.3 Å². The highest BCUT2D eigenvalue weighted by Gasteiger charge is 2.20. The van der Waals surface area contributed by atoms with Crippen LogP contribution in [0.3, 0.4) is 0 Å². The zero-order chi connectivity index (χ0) is 14.8. The van der Waals surface area contributed by atoms with Crippen molar-refractivity contribution in [2.45, 2.75) is 6.92 Å². The summed E-state index contributed by atoms with van der Waals surface area (Å²) in [6.45, 7) is 5.71. The zero-order valence-corrected chi connectivity index (χ0v) is 13.3. The third-order valence-electron chi connectivity index (χ3n) is 3.48. The van der Waals surface area contributed by atoms with E-state index in [1.54, 1.807) is 11.3 Å². The van der Waals surface area contributed by atoms with Crippen molar-refractivity contribution >= 4 is 28.1 Å². The zero-order valence-electron chi connectivity index (χ0n) is 12.5. The number of hydrogen-bond acceptors (Lipinski definition) is 8. The molecule has 1 aliphatic rings. The fourth-order valence-electron chi connectivity index (χ4n) is 2.27. The lowest BCUT2D eigenvalue weighted by Gasteiger charge is -2.34. The van der Waals surface area contributed by atoms with E-state index in [4.69, 9.17) is 0 Å². The molecule has 0 saturated carbocycles. The second-order valence-electron chi connectivity index (χ2n) is 5.22. The van der Waals surface area contributed by atoms with E-state index in [1.165, 1.54) is 0 Å². The Balaban J connectivity index is 1.62. The number of aromatic nitrogens is 4. The first-order chi connectivity index (χ1) is 10.1. The van der Waals surface area contributed by atoms with Gasteiger partial charge in [0.1, 0.15) is 5.01 Å². The third kappa shape index (κ3) is 3.05. The molecule has 0 N–H and O–H groups in total. The Kier molecular flexibility index (Phi) is 3.87. The highest BCUT2D eigenvalue weighted by Crippen LogP contribution is 2.22. The molecule has 112 valence electrons. The van der Waals surface area contributed by atoms with Crippen LogP contribution in [0, 0.1) is 6.92 Å². The van der Waals surface area contributed by atoms with Gasteiger partial charge in [-0.2, -0.15) is 0 Å². The van der Waals surface area contributed by atoms with Gasteiger partial charge in [0.05, 0.1) is 0 Å². The molecule has 0 atom stereocenters. The standard InChI is InChI=1S/C13H19N7S/c1-10-14-17-13(21-10)20-8-6-19(7-9-20)12-5-4-11(15-16-12)18(2)3/h4-5H,6-9H2,1-3H3. The van der Waals surface area contributed by atoms with Crippen LogP contribution in [-0.2, 0) is 0 Å². The number of hydrogen-bond donors (Lipinski definition) is 0. The van der Waals surface area contributed by atoms with Gasteiger partial charge < -0.3 is 14.7 Å². The van der Waals surface area contributed by atoms with Crippen LogP contribution in [-0.4, -0.2) is 60.7 Å². The fraction of sp³-hybridized carbons (Fsp3) is 0.538. The van der Waals surface area contributed by atoms with Gasteiger partial charge in [0, 0.05) is 40.3 Å². The Morgan fingerprint density at radius 2 is 1.67 bits per heavy atom. The van der Waals surface area contributed by atoms with Crippen LogP contribution in [0.5, 0.6) is 0 Å². The van der Waals surface area contributed by atoms with Crippen molar-refractivity contribution in [3.63, 3.8) is 0 Å². The monoisotopic (exact) mass is 305 g/mol. The predicted octanol–water partition coefficient (Wildman–Crippen LogP) is 1.03. The molecular weight excluding hydrogens is 286 g/mol. The van der Waals surface area contributed by atoms with Crippen LogP contribution in [0.25, 0.3) is 0 Å². The molecule has 0 aliphatic carbocycles. The summed E-state index contributed by atoms with van der Waals surface area (Å²) in [5.74, 6) is 1.82. The van der Waals surface area contributed by atoms with Gasteiger partial charge in [-0.25, -0.2) is 0 Å². The molecule has 1 fully saturated rings. The van der Waals surface area contributed by atoms with E-state index in [0.717, 1.165) is 48.0 Å². The van der Waals surface area contributed by atoms with Crippen LogP contribution in [0.4, 0.5) is 16.8 Å². The highest BCUT2D eigenvalue weighted by molar-refractivity contribution is 7.15. The van der Waals surface area contributed by atoms with E-state index < -0.39 is 0 Å². The largest absolute Gasteiger partial charge is 0.361 e. The first-order valence-electron chi connectivity index (χ1n) is 6.94. The minimum absolute atomic E-state index is 0.877. The summed E-state index contributed by atoms with van der Waals surface area (Å²) in [7, 11) is 3.93. The fourth-order valence-corrected chi connectivity index (χ4v) is 3.01. The van der Waals surface area contributed by atoms with Crippen LogP contribution in [0.1, 0.15) is 5.01 Å². The van der Waals surface area contributed by atoms with E-state index in [9.17, 15) is 0 Å². The Bertz CT molecular complexity index is 587. The van der Waals surface area contributed by atoms with Crippen molar-refractivity contribution in [2.75, 3.05) is 55.0 Å². The molecule has 0 spiro atoms. The summed E-state index contributed by atoms with van der Waals surface area (Å²) in [4.78, 5) is 6.49. The van der Waals surface area contributed by atoms with Crippen LogP contribution in [0.2, 0.25) is 0 Å². The molecule has 1 saturated heterocycles. The van der Waals surface area contributed by atoms with Gasteiger partial charge in [-0.05, 0) is 19.1 Å². The molecule has 0 bridgehead atoms. The van der Waals surface area contributed by atoms with Crippen molar-refractivity contribution in [1.82, 2.24) is 20.4 Å². The maximum absolute atomic E-state index is 4.32. The summed E-state index contributed by atoms with van der Waals surface area (Å²) in [5, 5.41) is 18.9. The van der Waals surface area contributed by atoms with E-state index in [-0.39, 0.29) is 0 Å². The van der Waals surface area contributed by atoms with E-state index in [2.05, 4.69) is 30.2 Å². The lowest BCUT2D eigenvalue weighted by molar-refractivity contribution is 0.640. The second-order valence-corrected chi connectivity index (χ2v) is 6.38. The summed E-state index contributed by atoms with van der Waals surface area (Å²) >= 11 is 1.65. The molecule has 2 aromatic heterocycles. The predicted molar refractivity (Wildman–Crippen MR) is 85.4 cm³/mol. The Morgan fingerprint density at radius 3 is 2.19 bits per heavy atom. The molecule has 7 nitrogen and oxygen atoms in total. The molecule has 1 aliphatic heterocycles. The minimum atomic E-state index is 0.877. The van der Waals surface area contributed by atoms with Gasteiger partial charge in [0.15, 0.2) is 11.6 Å². The van der Waals surface area contributed by atoms with Gasteiger partial charge >= 0.3 is 0 Å². The van der Waals surface area contributed by atoms with E-state index in [1.807, 2.05) is 38.1 Å². The summed E-state index contributed by atoms with van der Waals surface area (Å²) in [6.07, 6.45) is 0. The molecule has 2 aromatic rings. The summed E-state index contributed by atoms with van der Waals surface area (Å²) < 4.78 is 0. The average Bonchev–Trinajstić information content (AvgIpc) is 2.94. The van der Waals surface area contributed by atoms with Crippen LogP contribution >= 0.6 is 11.3 Å². The lowest BCUT2D eigenvalue weighted by Crippen LogP contribution is -2.46. The van der Waals surface area contributed by atoms with E-state index >= 15 is 0 Å². The number of nitrogens with zero attached hydrogens (tertiary/aromatic N) is 7. The molecule has 0 aromatic carbocycles. The number of rotatable bonds is 3. The van der Waals surface area contributed by atoms with E-state index in [0.29, 0.717) is 0 Å². The van der Waals surface area contributed by atoms with Crippen molar-refractivity contribution < 1.29 is 0 Å². The Morgan fingerprint density at radius 1 is 0.952 bits per heavy atom. The van der Waals surface area contributed by atoms with Gasteiger partial charge in [0.25, 0.3) is 0 Å². The van der Waals surface area contributed by atoms with Crippen molar-refractivity contribution in [2.24, 2.45) is 0 Å². The molecule has 21 heavy (non-hydrogen) atoms. The maximum atomic E-state index is 4.32. The molecule has 0 amide bonds. The summed E-state index contributed by atoms with van der Waals surface area (Å²) in [5.41, 5.74) is 0. The first-order valence-corrected chi connectivity index (χ1v) is 7.76. The quantitative estimate of drug-likeness (QED) is 0.839.